The van der Waals surface area contributed by atoms with Gasteiger partial charge in [-0.3, -0.25) is 4.79 Å². The number of aryl methyl sites for hydroxylation is 2. The molecular weight excluding hydrogens is 220 g/mol. The van der Waals surface area contributed by atoms with E-state index in [0.717, 1.165) is 12.0 Å². The molecule has 0 atom stereocenters. The molecule has 18 heavy (non-hydrogen) atoms. The molecule has 0 unspecified atom stereocenters. The Morgan fingerprint density at radius 1 is 1.00 bits per heavy atom. The number of carbonyl (C=O) groups excluding carboxylic acids is 1. The Labute approximate surface area is 108 Å². The van der Waals surface area contributed by atoms with Crippen molar-refractivity contribution in [2.24, 2.45) is 0 Å². The van der Waals surface area contributed by atoms with Crippen LogP contribution in [-0.2, 0) is 6.42 Å². The molecule has 0 aliphatic heterocycles. The molecule has 0 aliphatic rings. The maximum atomic E-state index is 11.4. The summed E-state index contributed by atoms with van der Waals surface area (Å²) in [6.07, 6.45) is 0.889. The van der Waals surface area contributed by atoms with Gasteiger partial charge in [-0.05, 0) is 55.5 Å². The summed E-state index contributed by atoms with van der Waals surface area (Å²) in [5.74, 6) is 0.123. The van der Waals surface area contributed by atoms with E-state index in [1.165, 1.54) is 22.3 Å². The maximum absolute atomic E-state index is 11.4. The lowest BCUT2D eigenvalue weighted by atomic mass is 9.95. The van der Waals surface area contributed by atoms with Crippen molar-refractivity contribution in [2.75, 3.05) is 0 Å². The molecule has 0 amide bonds. The van der Waals surface area contributed by atoms with Gasteiger partial charge >= 0.3 is 0 Å². The quantitative estimate of drug-likeness (QED) is 0.736. The zero-order valence-electron chi connectivity index (χ0n) is 11.2. The second kappa shape index (κ2) is 5.18. The molecule has 0 aromatic heterocycles. The minimum absolute atomic E-state index is 0.123. The standard InChI is InChI=1S/C17H18O/c1-12-6-4-7-13(2)17(12)11-15-8-5-9-16(10-15)14(3)18/h4-10H,11H2,1-3H3. The van der Waals surface area contributed by atoms with E-state index < -0.39 is 0 Å². The number of carbonyl (C=O) groups is 1. The molecule has 2 aromatic carbocycles. The summed E-state index contributed by atoms with van der Waals surface area (Å²) < 4.78 is 0. The Kier molecular flexibility index (Phi) is 3.61. The fourth-order valence-corrected chi connectivity index (χ4v) is 2.23. The van der Waals surface area contributed by atoms with Crippen molar-refractivity contribution in [2.45, 2.75) is 27.2 Å². The van der Waals surface area contributed by atoms with E-state index in [1.807, 2.05) is 18.2 Å². The third-order valence-electron chi connectivity index (χ3n) is 3.36. The normalized spacial score (nSPS) is 10.4. The molecule has 0 bridgehead atoms. The van der Waals surface area contributed by atoms with Gasteiger partial charge in [-0.1, -0.05) is 36.4 Å². The van der Waals surface area contributed by atoms with Crippen molar-refractivity contribution in [3.05, 3.63) is 70.3 Å². The summed E-state index contributed by atoms with van der Waals surface area (Å²) in [5.41, 5.74) is 5.96. The molecule has 1 heteroatoms. The van der Waals surface area contributed by atoms with Crippen LogP contribution in [0.1, 0.15) is 39.5 Å². The molecule has 2 rings (SSSR count). The minimum atomic E-state index is 0.123. The van der Waals surface area contributed by atoms with Gasteiger partial charge in [-0.15, -0.1) is 0 Å². The monoisotopic (exact) mass is 238 g/mol. The van der Waals surface area contributed by atoms with Crippen molar-refractivity contribution in [1.82, 2.24) is 0 Å². The molecule has 0 saturated heterocycles. The first kappa shape index (κ1) is 12.6. The average Bonchev–Trinajstić information content (AvgIpc) is 2.34. The van der Waals surface area contributed by atoms with E-state index in [4.69, 9.17) is 0 Å². The summed E-state index contributed by atoms with van der Waals surface area (Å²) in [7, 11) is 0. The first-order chi connectivity index (χ1) is 8.58. The lowest BCUT2D eigenvalue weighted by Gasteiger charge is -2.10. The Bertz CT molecular complexity index is 562. The van der Waals surface area contributed by atoms with Gasteiger partial charge in [0.15, 0.2) is 5.78 Å². The van der Waals surface area contributed by atoms with Gasteiger partial charge < -0.3 is 0 Å². The van der Waals surface area contributed by atoms with Crippen LogP contribution in [0.4, 0.5) is 0 Å². The predicted molar refractivity (Wildman–Crippen MR) is 75.2 cm³/mol. The fourth-order valence-electron chi connectivity index (χ4n) is 2.23. The molecule has 1 nitrogen and oxygen atoms in total. The van der Waals surface area contributed by atoms with Crippen LogP contribution < -0.4 is 0 Å². The number of rotatable bonds is 3. The Balaban J connectivity index is 2.34. The predicted octanol–water partition coefficient (Wildman–Crippen LogP) is 4.10. The molecule has 0 spiro atoms. The van der Waals surface area contributed by atoms with Gasteiger partial charge in [0, 0.05) is 5.56 Å². The molecule has 0 aliphatic carbocycles. The second-order valence-electron chi connectivity index (χ2n) is 4.80. The SMILES string of the molecule is CC(=O)c1cccc(Cc2c(C)cccc2C)c1. The van der Waals surface area contributed by atoms with Crippen LogP contribution >= 0.6 is 0 Å². The van der Waals surface area contributed by atoms with Crippen LogP contribution in [0.25, 0.3) is 0 Å². The maximum Gasteiger partial charge on any atom is 0.159 e. The zero-order chi connectivity index (χ0) is 13.1. The number of Topliss-reactive ketones (excluding diaryl/α,β-unsaturated/α-hetero) is 1. The highest BCUT2D eigenvalue weighted by Crippen LogP contribution is 2.18. The summed E-state index contributed by atoms with van der Waals surface area (Å²) >= 11 is 0. The van der Waals surface area contributed by atoms with Crippen molar-refractivity contribution in [1.29, 1.82) is 0 Å². The Morgan fingerprint density at radius 3 is 2.22 bits per heavy atom. The van der Waals surface area contributed by atoms with Crippen LogP contribution in [0.2, 0.25) is 0 Å². The number of hydrogen-bond donors (Lipinski definition) is 0. The van der Waals surface area contributed by atoms with Crippen LogP contribution in [0.15, 0.2) is 42.5 Å². The third kappa shape index (κ3) is 2.67. The minimum Gasteiger partial charge on any atom is -0.295 e. The van der Waals surface area contributed by atoms with Gasteiger partial charge in [0.05, 0.1) is 0 Å². The van der Waals surface area contributed by atoms with E-state index in [1.54, 1.807) is 6.92 Å². The second-order valence-corrected chi connectivity index (χ2v) is 4.80. The number of hydrogen-bond acceptors (Lipinski definition) is 1. The van der Waals surface area contributed by atoms with Crippen LogP contribution in [-0.4, -0.2) is 5.78 Å². The third-order valence-corrected chi connectivity index (χ3v) is 3.36. The van der Waals surface area contributed by atoms with Crippen LogP contribution in [0.3, 0.4) is 0 Å². The smallest absolute Gasteiger partial charge is 0.159 e. The summed E-state index contributed by atoms with van der Waals surface area (Å²) in [4.78, 5) is 11.4. The Hall–Kier alpha value is -1.89. The van der Waals surface area contributed by atoms with Crippen molar-refractivity contribution in [3.63, 3.8) is 0 Å². The first-order valence-corrected chi connectivity index (χ1v) is 6.23. The van der Waals surface area contributed by atoms with Gasteiger partial charge in [0.2, 0.25) is 0 Å². The van der Waals surface area contributed by atoms with Gasteiger partial charge in [0.25, 0.3) is 0 Å². The van der Waals surface area contributed by atoms with Crippen LogP contribution in [0, 0.1) is 13.8 Å². The summed E-state index contributed by atoms with van der Waals surface area (Å²) in [5, 5.41) is 0. The van der Waals surface area contributed by atoms with E-state index in [0.29, 0.717) is 0 Å². The van der Waals surface area contributed by atoms with E-state index in [-0.39, 0.29) is 5.78 Å². The van der Waals surface area contributed by atoms with E-state index in [9.17, 15) is 4.79 Å². The first-order valence-electron chi connectivity index (χ1n) is 6.23. The Morgan fingerprint density at radius 2 is 1.61 bits per heavy atom. The van der Waals surface area contributed by atoms with Gasteiger partial charge in [0.1, 0.15) is 0 Å². The topological polar surface area (TPSA) is 17.1 Å². The van der Waals surface area contributed by atoms with E-state index in [2.05, 4.69) is 38.1 Å². The molecular formula is C17H18O. The average molecular weight is 238 g/mol. The number of ketones is 1. The highest BCUT2D eigenvalue weighted by Gasteiger charge is 2.05. The lowest BCUT2D eigenvalue weighted by Crippen LogP contribution is -1.98. The van der Waals surface area contributed by atoms with Crippen molar-refractivity contribution >= 4 is 5.78 Å². The largest absolute Gasteiger partial charge is 0.295 e. The fraction of sp³-hybridized carbons (Fsp3) is 0.235. The van der Waals surface area contributed by atoms with E-state index >= 15 is 0 Å². The number of benzene rings is 2. The highest BCUT2D eigenvalue weighted by atomic mass is 16.1. The molecule has 0 N–H and O–H groups in total. The van der Waals surface area contributed by atoms with Crippen LogP contribution in [0.5, 0.6) is 0 Å². The molecule has 2 aromatic rings. The molecule has 0 heterocycles. The summed E-state index contributed by atoms with van der Waals surface area (Å²) in [6.45, 7) is 5.88. The molecule has 92 valence electrons. The van der Waals surface area contributed by atoms with Gasteiger partial charge in [-0.25, -0.2) is 0 Å². The molecule has 0 saturated carbocycles. The zero-order valence-corrected chi connectivity index (χ0v) is 11.2. The molecule has 0 radical (unpaired) electrons. The summed E-state index contributed by atoms with van der Waals surface area (Å²) in [6, 6.07) is 14.3. The highest BCUT2D eigenvalue weighted by molar-refractivity contribution is 5.94. The van der Waals surface area contributed by atoms with Crippen molar-refractivity contribution in [3.8, 4) is 0 Å². The van der Waals surface area contributed by atoms with Gasteiger partial charge in [-0.2, -0.15) is 0 Å². The lowest BCUT2D eigenvalue weighted by molar-refractivity contribution is 0.101. The van der Waals surface area contributed by atoms with Crippen molar-refractivity contribution < 1.29 is 4.79 Å². The molecule has 0 fully saturated rings.